The van der Waals surface area contributed by atoms with E-state index >= 15 is 8.78 Å². The minimum atomic E-state index is -0.957. The SMILES string of the molecule is C#Cc1c(F)ccc2cc(OCOC)cc(-c3ncc4c(N5CC6CCC(C5)N6C(=O)OC(C)(C)C)nc(OC[C@@]56C[C@@H](F)CN5CC5(CC5)C6)nc4c3F)c12. The summed E-state index contributed by atoms with van der Waals surface area (Å²) < 4.78 is 70.5. The third-order valence-electron chi connectivity index (χ3n) is 12.2. The molecule has 1 spiro atoms. The van der Waals surface area contributed by atoms with E-state index in [1.807, 2.05) is 30.6 Å². The van der Waals surface area contributed by atoms with Gasteiger partial charge in [-0.15, -0.1) is 6.42 Å². The number of alkyl halides is 1. The van der Waals surface area contributed by atoms with E-state index in [2.05, 4.69) is 20.8 Å². The number of piperazine rings is 1. The van der Waals surface area contributed by atoms with Crippen LogP contribution in [0.4, 0.5) is 23.8 Å². The lowest BCUT2D eigenvalue weighted by Gasteiger charge is -2.42. The zero-order chi connectivity index (χ0) is 39.1. The summed E-state index contributed by atoms with van der Waals surface area (Å²) in [6.07, 6.45) is 11.0. The van der Waals surface area contributed by atoms with E-state index in [1.165, 1.54) is 19.4 Å². The number of ether oxygens (including phenoxy) is 4. The Kier molecular flexibility index (Phi) is 8.77. The molecule has 1 amide bonds. The Bertz CT molecular complexity index is 2280. The average Bonchev–Trinajstić information content (AvgIpc) is 3.64. The number of carbonyl (C=O) groups is 1. The molecular formula is C42H45F3N6O5. The van der Waals surface area contributed by atoms with Gasteiger partial charge in [0.15, 0.2) is 12.6 Å². The topological polar surface area (TPSA) is 102 Å². The summed E-state index contributed by atoms with van der Waals surface area (Å²) in [4.78, 5) is 33.6. The molecule has 1 aliphatic carbocycles. The molecule has 2 bridgehead atoms. The van der Waals surface area contributed by atoms with Gasteiger partial charge >= 0.3 is 12.1 Å². The maximum atomic E-state index is 17.4. The molecule has 5 fully saturated rings. The van der Waals surface area contributed by atoms with Gasteiger partial charge in [0.1, 0.15) is 47.0 Å². The molecule has 2 aromatic heterocycles. The first-order chi connectivity index (χ1) is 26.8. The van der Waals surface area contributed by atoms with Gasteiger partial charge in [-0.25, -0.2) is 18.0 Å². The van der Waals surface area contributed by atoms with Gasteiger partial charge in [0.25, 0.3) is 0 Å². The summed E-state index contributed by atoms with van der Waals surface area (Å²) in [5.41, 5.74) is -0.939. The van der Waals surface area contributed by atoms with Gasteiger partial charge in [0, 0.05) is 56.9 Å². The van der Waals surface area contributed by atoms with Crippen molar-refractivity contribution in [1.82, 2.24) is 24.8 Å². The van der Waals surface area contributed by atoms with E-state index in [4.69, 9.17) is 30.4 Å². The van der Waals surface area contributed by atoms with Gasteiger partial charge in [-0.2, -0.15) is 9.97 Å². The van der Waals surface area contributed by atoms with Crippen LogP contribution in [-0.4, -0.2) is 107 Å². The number of hydrogen-bond donors (Lipinski definition) is 0. The van der Waals surface area contributed by atoms with Crippen LogP contribution in [0.2, 0.25) is 0 Å². The standard InChI is InChI=1S/C42H45F3N6O5/c1-6-29-32(44)10-7-24-13-28(55-23-53-5)14-30(33(24)29)35-34(45)36-31(16-46-35)37(49-18-26-8-9-27(19-49)51(26)39(52)56-40(2,3)4)48-38(47-36)54-22-42-15-25(43)17-50(42)21-41(20-42)11-12-41/h1,7,10,13-14,16,25-27H,8-9,11-12,15,17-23H2,2-5H3/t25-,26?,27?,42+/m1/s1. The first-order valence-corrected chi connectivity index (χ1v) is 19.3. The van der Waals surface area contributed by atoms with Gasteiger partial charge in [0.05, 0.1) is 28.6 Å². The third-order valence-corrected chi connectivity index (χ3v) is 12.2. The second-order valence-corrected chi connectivity index (χ2v) is 17.2. The highest BCUT2D eigenvalue weighted by Gasteiger charge is 2.62. The molecule has 4 atom stereocenters. The first kappa shape index (κ1) is 36.7. The van der Waals surface area contributed by atoms with Crippen molar-refractivity contribution in [2.75, 3.05) is 51.6 Å². The predicted molar refractivity (Wildman–Crippen MR) is 203 cm³/mol. The summed E-state index contributed by atoms with van der Waals surface area (Å²) in [6.45, 7) is 7.66. The number of pyridine rings is 1. The number of carbonyl (C=O) groups excluding carboxylic acids is 1. The van der Waals surface area contributed by atoms with Gasteiger partial charge in [0.2, 0.25) is 0 Å². The molecule has 2 unspecified atom stereocenters. The van der Waals surface area contributed by atoms with E-state index in [0.717, 1.165) is 38.6 Å². The molecule has 14 heteroatoms. The van der Waals surface area contributed by atoms with Crippen LogP contribution in [0.3, 0.4) is 0 Å². The lowest BCUT2D eigenvalue weighted by Crippen LogP contribution is -2.57. The largest absolute Gasteiger partial charge is 0.468 e. The van der Waals surface area contributed by atoms with E-state index in [9.17, 15) is 9.18 Å². The second kappa shape index (κ2) is 13.4. The van der Waals surface area contributed by atoms with Crippen molar-refractivity contribution in [3.05, 3.63) is 47.7 Å². The Morgan fingerprint density at radius 2 is 1.84 bits per heavy atom. The molecule has 0 radical (unpaired) electrons. The molecular weight excluding hydrogens is 725 g/mol. The summed E-state index contributed by atoms with van der Waals surface area (Å²) in [5, 5.41) is 1.15. The van der Waals surface area contributed by atoms with Gasteiger partial charge < -0.3 is 23.8 Å². The Hall–Kier alpha value is -4.87. The monoisotopic (exact) mass is 770 g/mol. The molecule has 11 nitrogen and oxygen atoms in total. The smallest absolute Gasteiger partial charge is 0.410 e. The minimum Gasteiger partial charge on any atom is -0.468 e. The zero-order valence-electron chi connectivity index (χ0n) is 32.0. The van der Waals surface area contributed by atoms with E-state index in [1.54, 1.807) is 18.2 Å². The van der Waals surface area contributed by atoms with Gasteiger partial charge in [-0.3, -0.25) is 14.8 Å². The summed E-state index contributed by atoms with van der Waals surface area (Å²) in [6, 6.07) is 5.68. The Balaban J connectivity index is 1.15. The number of methoxy groups -OCH3 is 1. The van der Waals surface area contributed by atoms with E-state index in [-0.39, 0.29) is 65.3 Å². The minimum absolute atomic E-state index is 0.0423. The molecule has 4 aliphatic heterocycles. The maximum absolute atomic E-state index is 17.4. The fourth-order valence-electron chi connectivity index (χ4n) is 9.68. The maximum Gasteiger partial charge on any atom is 0.410 e. The Labute approximate surface area is 323 Å². The number of aromatic nitrogens is 3. The van der Waals surface area contributed by atoms with Crippen molar-refractivity contribution < 1.29 is 36.9 Å². The van der Waals surface area contributed by atoms with Crippen molar-refractivity contribution in [3.8, 4) is 35.4 Å². The number of nitrogens with zero attached hydrogens (tertiary/aromatic N) is 6. The van der Waals surface area contributed by atoms with Crippen LogP contribution in [0.1, 0.15) is 64.9 Å². The highest BCUT2D eigenvalue weighted by molar-refractivity contribution is 6.03. The van der Waals surface area contributed by atoms with Crippen molar-refractivity contribution in [2.45, 2.75) is 88.7 Å². The molecule has 0 N–H and O–H groups in total. The van der Waals surface area contributed by atoms with E-state index in [0.29, 0.717) is 53.8 Å². The summed E-state index contributed by atoms with van der Waals surface area (Å²) >= 11 is 0. The molecule has 2 aromatic carbocycles. The van der Waals surface area contributed by atoms with Crippen LogP contribution in [0.15, 0.2) is 30.5 Å². The number of hydrogen-bond acceptors (Lipinski definition) is 10. The molecule has 5 aliphatic rings. The van der Waals surface area contributed by atoms with Crippen LogP contribution in [-0.2, 0) is 9.47 Å². The summed E-state index contributed by atoms with van der Waals surface area (Å²) in [7, 11) is 1.48. The van der Waals surface area contributed by atoms with Crippen molar-refractivity contribution in [1.29, 1.82) is 0 Å². The zero-order valence-corrected chi connectivity index (χ0v) is 32.0. The molecule has 6 heterocycles. The number of amides is 1. The fraction of sp³-hybridized carbons (Fsp3) is 0.524. The lowest BCUT2D eigenvalue weighted by atomic mass is 9.89. The molecule has 1 saturated carbocycles. The highest BCUT2D eigenvalue weighted by atomic mass is 19.1. The van der Waals surface area contributed by atoms with Gasteiger partial charge in [-0.1, -0.05) is 12.0 Å². The van der Waals surface area contributed by atoms with Crippen LogP contribution in [0, 0.1) is 29.4 Å². The quantitative estimate of drug-likeness (QED) is 0.137. The van der Waals surface area contributed by atoms with Crippen LogP contribution >= 0.6 is 0 Å². The Morgan fingerprint density at radius 1 is 1.07 bits per heavy atom. The summed E-state index contributed by atoms with van der Waals surface area (Å²) in [5.74, 6) is 1.76. The molecule has 56 heavy (non-hydrogen) atoms. The van der Waals surface area contributed by atoms with Crippen molar-refractivity contribution >= 4 is 33.6 Å². The highest BCUT2D eigenvalue weighted by Crippen LogP contribution is 2.61. The normalized spacial score (nSPS) is 25.2. The predicted octanol–water partition coefficient (Wildman–Crippen LogP) is 7.02. The van der Waals surface area contributed by atoms with Crippen molar-refractivity contribution in [2.24, 2.45) is 5.41 Å². The average molecular weight is 771 g/mol. The van der Waals surface area contributed by atoms with E-state index < -0.39 is 28.9 Å². The van der Waals surface area contributed by atoms with Crippen LogP contribution in [0.25, 0.3) is 32.9 Å². The molecule has 4 saturated heterocycles. The molecule has 294 valence electrons. The van der Waals surface area contributed by atoms with Crippen LogP contribution < -0.4 is 14.4 Å². The number of benzene rings is 2. The fourth-order valence-corrected chi connectivity index (χ4v) is 9.68. The van der Waals surface area contributed by atoms with Crippen molar-refractivity contribution in [3.63, 3.8) is 0 Å². The number of fused-ring (bicyclic) bond motifs is 5. The number of anilines is 1. The van der Waals surface area contributed by atoms with Crippen LogP contribution in [0.5, 0.6) is 11.8 Å². The number of halogens is 3. The van der Waals surface area contributed by atoms with Gasteiger partial charge in [-0.05, 0) is 81.9 Å². The molecule has 4 aromatic rings. The lowest BCUT2D eigenvalue weighted by molar-refractivity contribution is 0.0122. The second-order valence-electron chi connectivity index (χ2n) is 17.2. The Morgan fingerprint density at radius 3 is 2.54 bits per heavy atom. The third kappa shape index (κ3) is 6.33. The first-order valence-electron chi connectivity index (χ1n) is 19.3. The number of terminal acetylenes is 1. The molecule has 9 rings (SSSR count). The number of rotatable bonds is 8.